The summed E-state index contributed by atoms with van der Waals surface area (Å²) in [6.07, 6.45) is 2.08. The lowest BCUT2D eigenvalue weighted by molar-refractivity contribution is 0.0951. The molecule has 0 bridgehead atoms. The number of methoxy groups -OCH3 is 2. The van der Waals surface area contributed by atoms with Crippen molar-refractivity contribution in [3.05, 3.63) is 62.9 Å². The number of benzene rings is 2. The van der Waals surface area contributed by atoms with Crippen molar-refractivity contribution in [1.82, 2.24) is 9.88 Å². The van der Waals surface area contributed by atoms with E-state index < -0.39 is 11.3 Å². The first kappa shape index (κ1) is 21.1. The maximum absolute atomic E-state index is 13.1. The lowest BCUT2D eigenvalue weighted by Crippen LogP contribution is -2.33. The summed E-state index contributed by atoms with van der Waals surface area (Å²) in [6, 6.07) is 8.97. The van der Waals surface area contributed by atoms with E-state index in [1.165, 1.54) is 0 Å². The fraction of sp³-hybridized carbons (Fsp3) is 0.304. The molecule has 31 heavy (non-hydrogen) atoms. The molecule has 1 atom stereocenters. The predicted molar refractivity (Wildman–Crippen MR) is 119 cm³/mol. The second kappa shape index (κ2) is 8.51. The van der Waals surface area contributed by atoms with E-state index in [1.807, 2.05) is 29.7 Å². The van der Waals surface area contributed by atoms with Gasteiger partial charge in [-0.3, -0.25) is 9.59 Å². The van der Waals surface area contributed by atoms with Crippen molar-refractivity contribution < 1.29 is 19.0 Å². The van der Waals surface area contributed by atoms with Gasteiger partial charge in [0.2, 0.25) is 5.43 Å². The Bertz CT molecular complexity index is 1220. The molecule has 162 valence electrons. The van der Waals surface area contributed by atoms with Crippen LogP contribution in [0, 0.1) is 0 Å². The van der Waals surface area contributed by atoms with Gasteiger partial charge in [-0.1, -0.05) is 17.7 Å². The number of ether oxygens (including phenoxy) is 3. The lowest BCUT2D eigenvalue weighted by atomic mass is 10.1. The van der Waals surface area contributed by atoms with Gasteiger partial charge in [0.25, 0.3) is 5.91 Å². The Kier molecular flexibility index (Phi) is 5.78. The molecule has 1 N–H and O–H groups in total. The summed E-state index contributed by atoms with van der Waals surface area (Å²) in [7, 11) is 3.15. The van der Waals surface area contributed by atoms with E-state index in [1.54, 1.807) is 32.5 Å². The van der Waals surface area contributed by atoms with Crippen molar-refractivity contribution in [2.45, 2.75) is 26.0 Å². The molecular weight excluding hydrogens is 420 g/mol. The Morgan fingerprint density at radius 3 is 2.74 bits per heavy atom. The van der Waals surface area contributed by atoms with E-state index in [-0.39, 0.29) is 11.7 Å². The molecule has 1 aliphatic heterocycles. The van der Waals surface area contributed by atoms with Crippen molar-refractivity contribution in [3.63, 3.8) is 0 Å². The zero-order chi connectivity index (χ0) is 22.1. The van der Waals surface area contributed by atoms with Gasteiger partial charge < -0.3 is 24.1 Å². The molecule has 0 radical (unpaired) electrons. The van der Waals surface area contributed by atoms with Crippen molar-refractivity contribution >= 4 is 28.4 Å². The minimum absolute atomic E-state index is 0.0629. The summed E-state index contributed by atoms with van der Waals surface area (Å²) >= 11 is 6.32. The number of nitrogens with one attached hydrogen (secondary N) is 1. The number of nitrogens with zero attached hydrogens (tertiary/aromatic N) is 1. The van der Waals surface area contributed by atoms with Crippen LogP contribution in [-0.4, -0.2) is 37.3 Å². The number of carbonyl (C=O) groups is 1. The van der Waals surface area contributed by atoms with Crippen LogP contribution in [-0.2, 0) is 13.0 Å². The SMILES string of the molecule is COc1ccc(CCNC(=O)c2cn3c4c(ccc(Cl)c4c2=O)OC(C)C3)cc1OC. The Hall–Kier alpha value is -3.19. The predicted octanol–water partition coefficient (Wildman–Crippen LogP) is 3.43. The van der Waals surface area contributed by atoms with Crippen LogP contribution in [0.25, 0.3) is 10.9 Å². The van der Waals surface area contributed by atoms with Gasteiger partial charge in [0, 0.05) is 12.7 Å². The van der Waals surface area contributed by atoms with Gasteiger partial charge in [-0.15, -0.1) is 0 Å². The van der Waals surface area contributed by atoms with Gasteiger partial charge in [-0.2, -0.15) is 0 Å². The van der Waals surface area contributed by atoms with E-state index in [4.69, 9.17) is 25.8 Å². The van der Waals surface area contributed by atoms with Crippen LogP contribution in [0.1, 0.15) is 22.8 Å². The first-order chi connectivity index (χ1) is 14.9. The lowest BCUT2D eigenvalue weighted by Gasteiger charge is -2.26. The number of aromatic nitrogens is 1. The Labute approximate surface area is 184 Å². The number of pyridine rings is 1. The number of halogens is 1. The molecule has 4 rings (SSSR count). The molecule has 1 unspecified atom stereocenters. The first-order valence-corrected chi connectivity index (χ1v) is 10.3. The summed E-state index contributed by atoms with van der Waals surface area (Å²) in [5.41, 5.74) is 1.26. The average Bonchev–Trinajstić information content (AvgIpc) is 2.76. The van der Waals surface area contributed by atoms with Crippen molar-refractivity contribution in [2.24, 2.45) is 0 Å². The minimum atomic E-state index is -0.434. The van der Waals surface area contributed by atoms with Crippen LogP contribution in [0.2, 0.25) is 5.02 Å². The van der Waals surface area contributed by atoms with Gasteiger partial charge in [-0.25, -0.2) is 0 Å². The first-order valence-electron chi connectivity index (χ1n) is 9.94. The van der Waals surface area contributed by atoms with Gasteiger partial charge in [-0.05, 0) is 43.2 Å². The number of rotatable bonds is 6. The number of amides is 1. The molecule has 0 aliphatic carbocycles. The van der Waals surface area contributed by atoms with Crippen LogP contribution in [0.15, 0.2) is 41.3 Å². The molecule has 8 heteroatoms. The maximum atomic E-state index is 13.1. The summed E-state index contributed by atoms with van der Waals surface area (Å²) in [5.74, 6) is 1.43. The van der Waals surface area contributed by atoms with Gasteiger partial charge in [0.15, 0.2) is 11.5 Å². The molecular formula is C23H23ClN2O5. The summed E-state index contributed by atoms with van der Waals surface area (Å²) in [5, 5.41) is 3.44. The van der Waals surface area contributed by atoms with E-state index in [0.717, 1.165) is 5.56 Å². The Morgan fingerprint density at radius 1 is 1.23 bits per heavy atom. The van der Waals surface area contributed by atoms with E-state index in [2.05, 4.69) is 5.32 Å². The molecule has 2 aromatic carbocycles. The van der Waals surface area contributed by atoms with Crippen LogP contribution >= 0.6 is 11.6 Å². The van der Waals surface area contributed by atoms with E-state index in [9.17, 15) is 9.59 Å². The molecule has 0 fully saturated rings. The number of hydrogen-bond donors (Lipinski definition) is 1. The maximum Gasteiger partial charge on any atom is 0.256 e. The fourth-order valence-electron chi connectivity index (χ4n) is 3.85. The molecule has 1 aliphatic rings. The molecule has 0 saturated heterocycles. The highest BCUT2D eigenvalue weighted by atomic mass is 35.5. The van der Waals surface area contributed by atoms with E-state index in [0.29, 0.717) is 52.7 Å². The third-order valence-corrected chi connectivity index (χ3v) is 5.62. The average molecular weight is 443 g/mol. The van der Waals surface area contributed by atoms with Crippen molar-refractivity contribution in [2.75, 3.05) is 20.8 Å². The molecule has 3 aromatic rings. The Morgan fingerprint density at radius 2 is 2.00 bits per heavy atom. The number of carbonyl (C=O) groups excluding carboxylic acids is 1. The standard InChI is InChI=1S/C23H23ClN2O5/c1-13-11-26-12-15(22(27)20-16(24)5-7-18(31-13)21(20)26)23(28)25-9-8-14-4-6-17(29-2)19(10-14)30-3/h4-7,10,12-13H,8-9,11H2,1-3H3,(H,25,28). The second-order valence-corrected chi connectivity index (χ2v) is 7.82. The Balaban J connectivity index is 1.57. The van der Waals surface area contributed by atoms with Gasteiger partial charge in [0.1, 0.15) is 17.4 Å². The second-order valence-electron chi connectivity index (χ2n) is 7.42. The normalized spacial score (nSPS) is 14.8. The highest BCUT2D eigenvalue weighted by Gasteiger charge is 2.24. The number of hydrogen-bond acceptors (Lipinski definition) is 5. The van der Waals surface area contributed by atoms with Gasteiger partial charge >= 0.3 is 0 Å². The van der Waals surface area contributed by atoms with E-state index >= 15 is 0 Å². The molecule has 0 saturated carbocycles. The summed E-state index contributed by atoms with van der Waals surface area (Å²) in [6.45, 7) is 2.82. The molecule has 7 nitrogen and oxygen atoms in total. The zero-order valence-electron chi connectivity index (χ0n) is 17.5. The molecule has 0 spiro atoms. The monoisotopic (exact) mass is 442 g/mol. The van der Waals surface area contributed by atoms with Crippen LogP contribution in [0.4, 0.5) is 0 Å². The van der Waals surface area contributed by atoms with Crippen molar-refractivity contribution in [3.8, 4) is 17.2 Å². The third-order valence-electron chi connectivity index (χ3n) is 5.31. The van der Waals surface area contributed by atoms with Crippen molar-refractivity contribution in [1.29, 1.82) is 0 Å². The molecule has 2 heterocycles. The zero-order valence-corrected chi connectivity index (χ0v) is 18.3. The largest absolute Gasteiger partial charge is 0.493 e. The third kappa shape index (κ3) is 3.93. The highest BCUT2D eigenvalue weighted by Crippen LogP contribution is 2.33. The summed E-state index contributed by atoms with van der Waals surface area (Å²) in [4.78, 5) is 25.9. The molecule has 1 aromatic heterocycles. The van der Waals surface area contributed by atoms with Crippen LogP contribution < -0.4 is 25.0 Å². The van der Waals surface area contributed by atoms with Crippen LogP contribution in [0.5, 0.6) is 17.2 Å². The quantitative estimate of drug-likeness (QED) is 0.632. The topological polar surface area (TPSA) is 78.8 Å². The summed E-state index contributed by atoms with van der Waals surface area (Å²) < 4.78 is 18.2. The van der Waals surface area contributed by atoms with Gasteiger partial charge in [0.05, 0.1) is 36.7 Å². The fourth-order valence-corrected chi connectivity index (χ4v) is 4.08. The highest BCUT2D eigenvalue weighted by molar-refractivity contribution is 6.35. The molecule has 1 amide bonds. The minimum Gasteiger partial charge on any atom is -0.493 e. The smallest absolute Gasteiger partial charge is 0.256 e. The van der Waals surface area contributed by atoms with Crippen LogP contribution in [0.3, 0.4) is 0 Å².